The summed E-state index contributed by atoms with van der Waals surface area (Å²) in [6.07, 6.45) is 1.37. The molecule has 0 aliphatic rings. The van der Waals surface area contributed by atoms with E-state index in [1.54, 1.807) is 0 Å². The van der Waals surface area contributed by atoms with Crippen LogP contribution in [-0.2, 0) is 0 Å². The van der Waals surface area contributed by atoms with E-state index in [4.69, 9.17) is 18.0 Å². The van der Waals surface area contributed by atoms with E-state index in [0.717, 1.165) is 0 Å². The molecule has 0 saturated carbocycles. The van der Waals surface area contributed by atoms with Gasteiger partial charge in [-0.15, -0.1) is 0 Å². The molecule has 0 aliphatic carbocycles. The molecule has 0 aliphatic heterocycles. The molecule has 1 rings (SSSR count). The highest BCUT2D eigenvalue weighted by atomic mass is 32.1. The second-order valence-corrected chi connectivity index (χ2v) is 3.17. The number of carbonyl (C=O) groups excluding carboxylic acids is 1. The van der Waals surface area contributed by atoms with Crippen LogP contribution in [0, 0.1) is 0 Å². The van der Waals surface area contributed by atoms with Gasteiger partial charge in [-0.25, -0.2) is 0 Å². The van der Waals surface area contributed by atoms with Gasteiger partial charge in [-0.2, -0.15) is 15.4 Å². The maximum absolute atomic E-state index is 11.7. The second kappa shape index (κ2) is 4.66. The Bertz CT molecular complexity index is 323. The molecule has 0 unspecified atom stereocenters. The van der Waals surface area contributed by atoms with Crippen LogP contribution in [0.25, 0.3) is 0 Å². The molecule has 1 amide bonds. The minimum absolute atomic E-state index is 0.228. The summed E-state index contributed by atoms with van der Waals surface area (Å²) in [5.74, 6) is -0.228. The normalized spacial score (nSPS) is 9.79. The van der Waals surface area contributed by atoms with Crippen molar-refractivity contribution in [1.82, 2.24) is 20.3 Å². The zero-order valence-electron chi connectivity index (χ0n) is 7.73. The number of thiocarbonyl (C=S) groups is 1. The van der Waals surface area contributed by atoms with Crippen molar-refractivity contribution in [2.24, 2.45) is 5.73 Å². The molecule has 0 bridgehead atoms. The quantitative estimate of drug-likeness (QED) is 0.661. The minimum atomic E-state index is -0.228. The first-order chi connectivity index (χ1) is 6.65. The summed E-state index contributed by atoms with van der Waals surface area (Å²) in [5, 5.41) is 9.60. The Morgan fingerprint density at radius 1 is 1.79 bits per heavy atom. The fraction of sp³-hybridized carbons (Fsp3) is 0.429. The van der Waals surface area contributed by atoms with Gasteiger partial charge in [0.2, 0.25) is 0 Å². The van der Waals surface area contributed by atoms with Crippen LogP contribution in [0.1, 0.15) is 17.4 Å². The van der Waals surface area contributed by atoms with Crippen molar-refractivity contribution < 1.29 is 4.79 Å². The summed E-state index contributed by atoms with van der Waals surface area (Å²) in [5.41, 5.74) is 5.62. The monoisotopic (exact) mass is 213 g/mol. The van der Waals surface area contributed by atoms with E-state index in [2.05, 4.69) is 15.4 Å². The van der Waals surface area contributed by atoms with Crippen molar-refractivity contribution in [2.45, 2.75) is 6.92 Å². The predicted octanol–water partition coefficient (Wildman–Crippen LogP) is -0.447. The van der Waals surface area contributed by atoms with Crippen LogP contribution in [0.3, 0.4) is 0 Å². The molecule has 0 aromatic carbocycles. The lowest BCUT2D eigenvalue weighted by atomic mass is 10.3. The van der Waals surface area contributed by atoms with Gasteiger partial charge in [0, 0.05) is 6.54 Å². The minimum Gasteiger partial charge on any atom is -0.392 e. The molecule has 7 heteroatoms. The molecule has 6 nitrogen and oxygen atoms in total. The maximum Gasteiger partial charge on any atom is 0.276 e. The van der Waals surface area contributed by atoms with Gasteiger partial charge in [-0.3, -0.25) is 4.79 Å². The smallest absolute Gasteiger partial charge is 0.276 e. The summed E-state index contributed by atoms with van der Waals surface area (Å²) in [7, 11) is 0. The van der Waals surface area contributed by atoms with E-state index < -0.39 is 0 Å². The van der Waals surface area contributed by atoms with Crippen LogP contribution >= 0.6 is 12.2 Å². The third kappa shape index (κ3) is 2.49. The van der Waals surface area contributed by atoms with Crippen LogP contribution in [0.5, 0.6) is 0 Å². The van der Waals surface area contributed by atoms with Crippen molar-refractivity contribution in [2.75, 3.05) is 13.1 Å². The number of aromatic nitrogens is 3. The van der Waals surface area contributed by atoms with Crippen molar-refractivity contribution in [3.63, 3.8) is 0 Å². The Morgan fingerprint density at radius 3 is 2.93 bits per heavy atom. The molecule has 3 N–H and O–H groups in total. The maximum atomic E-state index is 11.7. The summed E-state index contributed by atoms with van der Waals surface area (Å²) in [6, 6.07) is 0. The van der Waals surface area contributed by atoms with E-state index in [9.17, 15) is 4.79 Å². The van der Waals surface area contributed by atoms with Gasteiger partial charge in [0.1, 0.15) is 0 Å². The number of likely N-dealkylation sites (N-methyl/N-ethyl adjacent to an activating group) is 1. The van der Waals surface area contributed by atoms with Gasteiger partial charge in [-0.05, 0) is 6.92 Å². The highest BCUT2D eigenvalue weighted by Crippen LogP contribution is 1.98. The summed E-state index contributed by atoms with van der Waals surface area (Å²) in [4.78, 5) is 13.4. The first-order valence-corrected chi connectivity index (χ1v) is 4.49. The number of nitrogens with two attached hydrogens (primary N) is 1. The van der Waals surface area contributed by atoms with Crippen LogP contribution in [0.15, 0.2) is 6.20 Å². The summed E-state index contributed by atoms with van der Waals surface area (Å²) < 4.78 is 0. The summed E-state index contributed by atoms with van der Waals surface area (Å²) in [6.45, 7) is 2.64. The van der Waals surface area contributed by atoms with Crippen molar-refractivity contribution >= 4 is 23.1 Å². The molecule has 1 heterocycles. The van der Waals surface area contributed by atoms with Gasteiger partial charge in [0.05, 0.1) is 17.7 Å². The average Bonchev–Trinajstić information content (AvgIpc) is 2.65. The number of rotatable bonds is 4. The number of carbonyl (C=O) groups is 1. The molecule has 0 spiro atoms. The largest absolute Gasteiger partial charge is 0.392 e. The summed E-state index contributed by atoms with van der Waals surface area (Å²) >= 11 is 4.73. The molecule has 0 radical (unpaired) electrons. The van der Waals surface area contributed by atoms with E-state index in [1.807, 2.05) is 6.92 Å². The molecule has 0 fully saturated rings. The average molecular weight is 213 g/mol. The van der Waals surface area contributed by atoms with Crippen molar-refractivity contribution in [1.29, 1.82) is 0 Å². The molecule has 1 aromatic rings. The standard InChI is InChI=1S/C7H11N5OS/c1-2-12(4-6(8)14)7(13)5-3-9-11-10-5/h3H,2,4H2,1H3,(H2,8,14)(H,9,10,11). The molecule has 1 aromatic heterocycles. The highest BCUT2D eigenvalue weighted by molar-refractivity contribution is 7.80. The Hall–Kier alpha value is -1.50. The molecule has 0 atom stereocenters. The van der Waals surface area contributed by atoms with Crippen molar-refractivity contribution in [3.8, 4) is 0 Å². The second-order valence-electron chi connectivity index (χ2n) is 2.64. The Labute approximate surface area is 86.5 Å². The third-order valence-electron chi connectivity index (χ3n) is 1.65. The lowest BCUT2D eigenvalue weighted by molar-refractivity contribution is 0.0782. The van der Waals surface area contributed by atoms with Gasteiger partial charge in [0.15, 0.2) is 5.69 Å². The van der Waals surface area contributed by atoms with Crippen LogP contribution < -0.4 is 5.73 Å². The van der Waals surface area contributed by atoms with Crippen LogP contribution in [0.2, 0.25) is 0 Å². The van der Waals surface area contributed by atoms with Crippen LogP contribution in [0.4, 0.5) is 0 Å². The topological polar surface area (TPSA) is 87.9 Å². The van der Waals surface area contributed by atoms with E-state index in [0.29, 0.717) is 6.54 Å². The number of H-pyrrole nitrogens is 1. The zero-order valence-corrected chi connectivity index (χ0v) is 8.54. The fourth-order valence-corrected chi connectivity index (χ4v) is 1.14. The molecule has 14 heavy (non-hydrogen) atoms. The number of nitrogens with zero attached hydrogens (tertiary/aromatic N) is 3. The Kier molecular flexibility index (Phi) is 3.52. The third-order valence-corrected chi connectivity index (χ3v) is 1.78. The molecular formula is C7H11N5OS. The van der Waals surface area contributed by atoms with Crippen molar-refractivity contribution in [3.05, 3.63) is 11.9 Å². The van der Waals surface area contributed by atoms with E-state index in [-0.39, 0.29) is 23.1 Å². The molecule has 76 valence electrons. The highest BCUT2D eigenvalue weighted by Gasteiger charge is 2.16. The van der Waals surface area contributed by atoms with E-state index in [1.165, 1.54) is 11.1 Å². The number of hydrogen-bond acceptors (Lipinski definition) is 4. The number of amides is 1. The van der Waals surface area contributed by atoms with Gasteiger partial charge in [-0.1, -0.05) is 12.2 Å². The molecule has 0 saturated heterocycles. The zero-order chi connectivity index (χ0) is 10.6. The van der Waals surface area contributed by atoms with Gasteiger partial charge < -0.3 is 10.6 Å². The Morgan fingerprint density at radius 2 is 2.50 bits per heavy atom. The lowest BCUT2D eigenvalue weighted by Crippen LogP contribution is -2.37. The first kappa shape index (κ1) is 10.6. The predicted molar refractivity (Wildman–Crippen MR) is 54.7 cm³/mol. The number of nitrogens with one attached hydrogen (secondary N) is 1. The van der Waals surface area contributed by atoms with Gasteiger partial charge >= 0.3 is 0 Å². The number of hydrogen-bond donors (Lipinski definition) is 2. The first-order valence-electron chi connectivity index (χ1n) is 4.08. The number of aromatic amines is 1. The van der Waals surface area contributed by atoms with E-state index >= 15 is 0 Å². The Balaban J connectivity index is 2.70. The van der Waals surface area contributed by atoms with Crippen LogP contribution in [-0.4, -0.2) is 44.3 Å². The SMILES string of the molecule is CCN(CC(N)=S)C(=O)c1cn[nH]n1. The molecular weight excluding hydrogens is 202 g/mol. The van der Waals surface area contributed by atoms with Gasteiger partial charge in [0.25, 0.3) is 5.91 Å². The fourth-order valence-electron chi connectivity index (χ4n) is 0.982. The lowest BCUT2D eigenvalue weighted by Gasteiger charge is -2.18.